The van der Waals surface area contributed by atoms with Crippen LogP contribution in [0.3, 0.4) is 0 Å². The van der Waals surface area contributed by atoms with Crippen LogP contribution in [-0.4, -0.2) is 24.5 Å². The SMILES string of the molecule is CCCCCCCN1CCC2CC(c3ccc(C)cc3)c3ccccc3C2C1. The van der Waals surface area contributed by atoms with Gasteiger partial charge in [-0.3, -0.25) is 0 Å². The van der Waals surface area contributed by atoms with E-state index >= 15 is 0 Å². The van der Waals surface area contributed by atoms with E-state index in [-0.39, 0.29) is 0 Å². The minimum atomic E-state index is 0.582. The van der Waals surface area contributed by atoms with Gasteiger partial charge < -0.3 is 4.90 Å². The molecular weight excluding hydrogens is 338 g/mol. The molecule has 1 saturated heterocycles. The average molecular weight is 376 g/mol. The van der Waals surface area contributed by atoms with Crippen molar-refractivity contribution < 1.29 is 0 Å². The monoisotopic (exact) mass is 375 g/mol. The maximum atomic E-state index is 2.76. The zero-order chi connectivity index (χ0) is 19.3. The summed E-state index contributed by atoms with van der Waals surface area (Å²) in [5.74, 6) is 2.17. The summed E-state index contributed by atoms with van der Waals surface area (Å²) in [6.45, 7) is 8.37. The van der Waals surface area contributed by atoms with E-state index in [1.54, 1.807) is 11.1 Å². The fourth-order valence-corrected chi connectivity index (χ4v) is 5.55. The Balaban J connectivity index is 1.48. The van der Waals surface area contributed by atoms with Crippen molar-refractivity contribution in [2.45, 2.75) is 70.6 Å². The Kier molecular flexibility index (Phi) is 6.52. The third-order valence-corrected chi connectivity index (χ3v) is 7.21. The van der Waals surface area contributed by atoms with Crippen LogP contribution in [0.4, 0.5) is 0 Å². The number of piperidine rings is 1. The summed E-state index contributed by atoms with van der Waals surface area (Å²) < 4.78 is 0. The first-order valence-corrected chi connectivity index (χ1v) is 11.6. The molecule has 2 aliphatic rings. The Morgan fingerprint density at radius 3 is 2.43 bits per heavy atom. The van der Waals surface area contributed by atoms with E-state index in [1.165, 1.54) is 75.7 Å². The van der Waals surface area contributed by atoms with E-state index in [0.29, 0.717) is 5.92 Å². The van der Waals surface area contributed by atoms with Gasteiger partial charge in [-0.1, -0.05) is 86.7 Å². The second-order valence-corrected chi connectivity index (χ2v) is 9.20. The molecule has 0 spiro atoms. The zero-order valence-electron chi connectivity index (χ0n) is 17.9. The van der Waals surface area contributed by atoms with E-state index in [0.717, 1.165) is 11.8 Å². The van der Waals surface area contributed by atoms with Crippen LogP contribution in [0.5, 0.6) is 0 Å². The number of fused-ring (bicyclic) bond motifs is 3. The predicted octanol–water partition coefficient (Wildman–Crippen LogP) is 6.91. The van der Waals surface area contributed by atoms with Crippen LogP contribution < -0.4 is 0 Å². The lowest BCUT2D eigenvalue weighted by Gasteiger charge is -2.45. The molecule has 0 N–H and O–H groups in total. The number of unbranched alkanes of at least 4 members (excludes halogenated alkanes) is 4. The van der Waals surface area contributed by atoms with E-state index in [4.69, 9.17) is 0 Å². The Labute approximate surface area is 172 Å². The summed E-state index contributed by atoms with van der Waals surface area (Å²) in [6, 6.07) is 18.6. The minimum absolute atomic E-state index is 0.582. The van der Waals surface area contributed by atoms with E-state index in [2.05, 4.69) is 67.3 Å². The van der Waals surface area contributed by atoms with Crippen LogP contribution in [0, 0.1) is 12.8 Å². The van der Waals surface area contributed by atoms with Crippen LogP contribution >= 0.6 is 0 Å². The molecular formula is C27H37N. The first kappa shape index (κ1) is 19.7. The van der Waals surface area contributed by atoms with Crippen LogP contribution in [-0.2, 0) is 0 Å². The fourth-order valence-electron chi connectivity index (χ4n) is 5.55. The number of aryl methyl sites for hydroxylation is 1. The molecule has 0 saturated carbocycles. The molecule has 1 heterocycles. The van der Waals surface area contributed by atoms with Crippen molar-refractivity contribution in [3.8, 4) is 0 Å². The molecule has 28 heavy (non-hydrogen) atoms. The standard InChI is InChI=1S/C27H37N/c1-3-4-5-6-9-17-28-18-16-23-19-26(22-14-12-21(2)13-15-22)24-10-7-8-11-25(24)27(23)20-28/h7-8,10-15,23,26-27H,3-6,9,16-20H2,1-2H3. The van der Waals surface area contributed by atoms with Crippen LogP contribution in [0.1, 0.15) is 86.0 Å². The van der Waals surface area contributed by atoms with Gasteiger partial charge in [-0.2, -0.15) is 0 Å². The summed E-state index contributed by atoms with van der Waals surface area (Å²) in [4.78, 5) is 2.76. The third kappa shape index (κ3) is 4.35. The molecule has 3 atom stereocenters. The molecule has 0 aromatic heterocycles. The second kappa shape index (κ2) is 9.27. The number of nitrogens with zero attached hydrogens (tertiary/aromatic N) is 1. The molecule has 2 aromatic carbocycles. The predicted molar refractivity (Wildman–Crippen MR) is 120 cm³/mol. The Morgan fingerprint density at radius 2 is 1.64 bits per heavy atom. The van der Waals surface area contributed by atoms with Gasteiger partial charge in [0.05, 0.1) is 0 Å². The van der Waals surface area contributed by atoms with Crippen molar-refractivity contribution in [3.63, 3.8) is 0 Å². The van der Waals surface area contributed by atoms with Gasteiger partial charge in [0.25, 0.3) is 0 Å². The van der Waals surface area contributed by atoms with Crippen molar-refractivity contribution in [1.29, 1.82) is 0 Å². The van der Waals surface area contributed by atoms with Crippen molar-refractivity contribution in [1.82, 2.24) is 4.90 Å². The van der Waals surface area contributed by atoms with E-state index < -0.39 is 0 Å². The fraction of sp³-hybridized carbons (Fsp3) is 0.556. The van der Waals surface area contributed by atoms with Crippen molar-refractivity contribution >= 4 is 0 Å². The molecule has 0 radical (unpaired) electrons. The first-order valence-electron chi connectivity index (χ1n) is 11.6. The lowest BCUT2D eigenvalue weighted by Crippen LogP contribution is -2.42. The molecule has 1 heteroatoms. The maximum absolute atomic E-state index is 2.76. The van der Waals surface area contributed by atoms with Gasteiger partial charge in [-0.05, 0) is 67.8 Å². The quantitative estimate of drug-likeness (QED) is 0.475. The Hall–Kier alpha value is -1.60. The second-order valence-electron chi connectivity index (χ2n) is 9.20. The Bertz CT molecular complexity index is 747. The Morgan fingerprint density at radius 1 is 0.893 bits per heavy atom. The maximum Gasteiger partial charge on any atom is 0.00950 e. The van der Waals surface area contributed by atoms with Gasteiger partial charge in [0, 0.05) is 12.5 Å². The smallest absolute Gasteiger partial charge is 0.00950 e. The molecule has 150 valence electrons. The summed E-state index contributed by atoms with van der Waals surface area (Å²) in [5.41, 5.74) is 6.10. The molecule has 1 nitrogen and oxygen atoms in total. The van der Waals surface area contributed by atoms with E-state index in [1.807, 2.05) is 0 Å². The van der Waals surface area contributed by atoms with Crippen LogP contribution in [0.15, 0.2) is 48.5 Å². The number of benzene rings is 2. The third-order valence-electron chi connectivity index (χ3n) is 7.21. The van der Waals surface area contributed by atoms with Crippen LogP contribution in [0.2, 0.25) is 0 Å². The molecule has 1 aliphatic heterocycles. The van der Waals surface area contributed by atoms with Crippen LogP contribution in [0.25, 0.3) is 0 Å². The van der Waals surface area contributed by atoms with Gasteiger partial charge in [0.1, 0.15) is 0 Å². The number of hydrogen-bond acceptors (Lipinski definition) is 1. The molecule has 1 fully saturated rings. The highest BCUT2D eigenvalue weighted by Crippen LogP contribution is 2.48. The highest BCUT2D eigenvalue weighted by atomic mass is 15.1. The molecule has 0 bridgehead atoms. The highest BCUT2D eigenvalue weighted by Gasteiger charge is 2.38. The highest BCUT2D eigenvalue weighted by molar-refractivity contribution is 5.43. The van der Waals surface area contributed by atoms with Gasteiger partial charge in [0.15, 0.2) is 0 Å². The minimum Gasteiger partial charge on any atom is -0.303 e. The summed E-state index contributed by atoms with van der Waals surface area (Å²) in [7, 11) is 0. The van der Waals surface area contributed by atoms with Crippen molar-refractivity contribution in [2.24, 2.45) is 5.92 Å². The topological polar surface area (TPSA) is 3.24 Å². The summed E-state index contributed by atoms with van der Waals surface area (Å²) in [6.07, 6.45) is 9.64. The first-order chi connectivity index (χ1) is 13.8. The lowest BCUT2D eigenvalue weighted by molar-refractivity contribution is 0.140. The van der Waals surface area contributed by atoms with Crippen molar-refractivity contribution in [3.05, 3.63) is 70.8 Å². The molecule has 2 aromatic rings. The molecule has 4 rings (SSSR count). The van der Waals surface area contributed by atoms with Gasteiger partial charge >= 0.3 is 0 Å². The molecule has 3 unspecified atom stereocenters. The number of hydrogen-bond donors (Lipinski definition) is 0. The normalized spacial score (nSPS) is 24.6. The molecule has 0 amide bonds. The number of likely N-dealkylation sites (tertiary alicyclic amines) is 1. The zero-order valence-corrected chi connectivity index (χ0v) is 17.9. The molecule has 1 aliphatic carbocycles. The average Bonchev–Trinajstić information content (AvgIpc) is 2.74. The summed E-state index contributed by atoms with van der Waals surface area (Å²) in [5, 5.41) is 0. The largest absolute Gasteiger partial charge is 0.303 e. The van der Waals surface area contributed by atoms with Gasteiger partial charge in [-0.15, -0.1) is 0 Å². The van der Waals surface area contributed by atoms with Gasteiger partial charge in [0.2, 0.25) is 0 Å². The summed E-state index contributed by atoms with van der Waals surface area (Å²) >= 11 is 0. The van der Waals surface area contributed by atoms with E-state index in [9.17, 15) is 0 Å². The van der Waals surface area contributed by atoms with Crippen molar-refractivity contribution in [2.75, 3.05) is 19.6 Å². The lowest BCUT2D eigenvalue weighted by atomic mass is 9.66. The number of rotatable bonds is 7. The van der Waals surface area contributed by atoms with Gasteiger partial charge in [-0.25, -0.2) is 0 Å².